The van der Waals surface area contributed by atoms with Gasteiger partial charge in [-0.3, -0.25) is 58.0 Å². The largest absolute Gasteiger partial charge is 2.00 e. The predicted octanol–water partition coefficient (Wildman–Crippen LogP) is 21.5. The van der Waals surface area contributed by atoms with E-state index >= 15 is 0 Å². The molecule has 0 saturated carbocycles. The zero-order valence-electron chi connectivity index (χ0n) is 65.7. The number of fused-ring (bicyclic) bond motifs is 4. The molecule has 0 unspecified atom stereocenters. The van der Waals surface area contributed by atoms with Gasteiger partial charge in [0.1, 0.15) is 0 Å². The van der Waals surface area contributed by atoms with Crippen LogP contribution in [-0.4, -0.2) is 94.0 Å². The smallest absolute Gasteiger partial charge is 0.358 e. The Morgan fingerprint density at radius 1 is 0.194 bits per heavy atom. The first-order valence-corrected chi connectivity index (χ1v) is 29.7. The SMILES string of the molecule is CC.CC.CC.CC.CCN1C(=O)c2ccccc2C1=O.CCN1C(=O)c2ccccc2C1=O.CN1C(=O)c2ccccc2C1=O.CN1C(=O)c2ccccc2C1=O.[CH3-].[CH3-].[CH3-].[CH3-].[CH3-].[CH3-].[CH3-].[CH3-].[CH3-].[CH3-].[V+2].[V+2].[Y].[Y].[Y].c1ccccc1.c1ccccc1.c1ccccc1.c1ccccc1.c1ccccc1. The third-order valence-electron chi connectivity index (χ3n) is 11.7. The van der Waals surface area contributed by atoms with Gasteiger partial charge in [0.2, 0.25) is 0 Å². The Bertz CT molecular complexity index is 2830. The van der Waals surface area contributed by atoms with Gasteiger partial charge < -0.3 is 74.3 Å². The van der Waals surface area contributed by atoms with Gasteiger partial charge in [-0.25, -0.2) is 0 Å². The average Bonchev–Trinajstić information content (AvgIpc) is 1.68. The minimum atomic E-state index is -0.212. The van der Waals surface area contributed by atoms with E-state index in [0.717, 1.165) is 9.80 Å². The molecule has 17 heteroatoms. The maximum Gasteiger partial charge on any atom is 2.00 e. The molecule has 4 aliphatic heterocycles. The Labute approximate surface area is 726 Å². The first-order chi connectivity index (χ1) is 42.9. The molecule has 0 aliphatic carbocycles. The molecule has 0 N–H and O–H groups in total. The fourth-order valence-corrected chi connectivity index (χ4v) is 7.60. The van der Waals surface area contributed by atoms with Crippen molar-refractivity contribution in [1.29, 1.82) is 0 Å². The number of carbonyl (C=O) groups is 8. The van der Waals surface area contributed by atoms with Crippen molar-refractivity contribution in [3.8, 4) is 0 Å². The molecule has 13 rings (SSSR count). The summed E-state index contributed by atoms with van der Waals surface area (Å²) in [5, 5.41) is 0. The average molecular weight is 1700 g/mol. The van der Waals surface area contributed by atoms with Gasteiger partial charge in [-0.2, -0.15) is 0 Å². The van der Waals surface area contributed by atoms with Crippen LogP contribution in [0.2, 0.25) is 0 Å². The third-order valence-corrected chi connectivity index (χ3v) is 11.7. The van der Waals surface area contributed by atoms with E-state index in [4.69, 9.17) is 0 Å². The zero-order valence-corrected chi connectivity index (χ0v) is 77.0. The van der Waals surface area contributed by atoms with E-state index in [1.54, 1.807) is 111 Å². The molecule has 0 atom stereocenters. The molecule has 9 aromatic rings. The number of amides is 8. The molecule has 553 valence electrons. The summed E-state index contributed by atoms with van der Waals surface area (Å²) in [5.41, 5.74) is 4.11. The van der Waals surface area contributed by atoms with Gasteiger partial charge >= 0.3 is 37.1 Å². The van der Waals surface area contributed by atoms with Crippen LogP contribution in [0.15, 0.2) is 279 Å². The van der Waals surface area contributed by atoms with Gasteiger partial charge in [0.05, 0.1) is 44.5 Å². The van der Waals surface area contributed by atoms with Crippen LogP contribution in [0, 0.1) is 74.3 Å². The summed E-state index contributed by atoms with van der Waals surface area (Å²) < 4.78 is 0. The maximum absolute atomic E-state index is 11.5. The van der Waals surface area contributed by atoms with Gasteiger partial charge in [0, 0.05) is 125 Å². The van der Waals surface area contributed by atoms with E-state index in [1.165, 1.54) is 23.9 Å². The van der Waals surface area contributed by atoms with Crippen LogP contribution < -0.4 is 0 Å². The molecule has 9 aromatic carbocycles. The summed E-state index contributed by atoms with van der Waals surface area (Å²) >= 11 is 0. The van der Waals surface area contributed by atoms with Crippen LogP contribution in [0.25, 0.3) is 0 Å². The molecule has 0 saturated heterocycles. The van der Waals surface area contributed by atoms with Crippen molar-refractivity contribution in [3.63, 3.8) is 0 Å². The molecule has 4 aliphatic rings. The minimum absolute atomic E-state index is 0. The number of nitrogens with zero attached hydrogens (tertiary/aromatic N) is 4. The fourth-order valence-electron chi connectivity index (χ4n) is 7.60. The molecular weight excluding hydrogens is 1590 g/mol. The summed E-state index contributed by atoms with van der Waals surface area (Å²) in [6, 6.07) is 87.5. The first kappa shape index (κ1) is 133. The topological polar surface area (TPSA) is 150 Å². The van der Waals surface area contributed by atoms with Crippen LogP contribution in [0.1, 0.15) is 152 Å². The minimum Gasteiger partial charge on any atom is -0.358 e. The van der Waals surface area contributed by atoms with Crippen molar-refractivity contribution in [2.75, 3.05) is 27.2 Å². The fraction of sp³-hybridized carbons (Fsp3) is 0.163. The molecule has 5 radical (unpaired) electrons. The van der Waals surface area contributed by atoms with Crippen LogP contribution in [-0.2, 0) is 135 Å². The van der Waals surface area contributed by atoms with Crippen molar-refractivity contribution in [2.24, 2.45) is 0 Å². The summed E-state index contributed by atoms with van der Waals surface area (Å²) in [7, 11) is 2.98. The molecule has 0 aromatic heterocycles. The molecule has 0 spiro atoms. The number of carbonyl (C=O) groups excluding carboxylic acids is 8. The predicted molar refractivity (Wildman–Crippen MR) is 422 cm³/mol. The van der Waals surface area contributed by atoms with E-state index in [0.29, 0.717) is 57.6 Å². The quantitative estimate of drug-likeness (QED) is 0.123. The molecule has 0 bridgehead atoms. The number of imide groups is 4. The van der Waals surface area contributed by atoms with Crippen LogP contribution >= 0.6 is 0 Å². The Morgan fingerprint density at radius 3 is 0.369 bits per heavy atom. The van der Waals surface area contributed by atoms with Crippen LogP contribution in [0.3, 0.4) is 0 Å². The molecule has 8 amide bonds. The zero-order chi connectivity index (χ0) is 65.5. The van der Waals surface area contributed by atoms with E-state index in [9.17, 15) is 38.4 Å². The Hall–Kier alpha value is -5.98. The van der Waals surface area contributed by atoms with Crippen molar-refractivity contribution in [1.82, 2.24) is 19.6 Å². The number of hydrogen-bond acceptors (Lipinski definition) is 8. The molecule has 103 heavy (non-hydrogen) atoms. The normalized spacial score (nSPS) is 9.90. The molecular formula is C86H116N4O8V2Y3-6. The van der Waals surface area contributed by atoms with Gasteiger partial charge in [0.15, 0.2) is 0 Å². The van der Waals surface area contributed by atoms with E-state index < -0.39 is 0 Å². The Kier molecular flexibility index (Phi) is 108. The summed E-state index contributed by atoms with van der Waals surface area (Å²) in [5.74, 6) is -1.56. The van der Waals surface area contributed by atoms with E-state index in [2.05, 4.69) is 0 Å². The standard InChI is InChI=1S/2C10H9NO2.2C9H7NO2.5C6H6.4C2H6.10CH3.2V.3Y/c2*1-2-11-9(12)7-5-3-4-6-8(7)10(11)13;2*1-10-8(11)6-4-2-3-5-7(6)9(10)12;5*1-2-4-6-5-3-1;4*1-2;;;;;;;;;;;;;;;/h2*3-6H,2H2,1H3;2*2-5H,1H3;5*1-6H;4*1-2H3;10*1H3;;;;;/q;;;;;;;;;;;;;10*-1;2*+2;;;. The molecule has 4 heterocycles. The van der Waals surface area contributed by atoms with Gasteiger partial charge in [0.25, 0.3) is 47.3 Å². The number of hydrogen-bond donors (Lipinski definition) is 0. The van der Waals surface area contributed by atoms with Gasteiger partial charge in [-0.15, -0.1) is 0 Å². The van der Waals surface area contributed by atoms with Gasteiger partial charge in [-0.1, -0.05) is 286 Å². The monoisotopic (exact) mass is 1700 g/mol. The first-order valence-electron chi connectivity index (χ1n) is 29.7. The second-order valence-corrected chi connectivity index (χ2v) is 17.0. The maximum atomic E-state index is 11.5. The number of benzene rings is 9. The van der Waals surface area contributed by atoms with Crippen molar-refractivity contribution in [2.45, 2.75) is 69.2 Å². The van der Waals surface area contributed by atoms with Crippen LogP contribution in [0.4, 0.5) is 0 Å². The van der Waals surface area contributed by atoms with Crippen LogP contribution in [0.5, 0.6) is 0 Å². The van der Waals surface area contributed by atoms with Crippen molar-refractivity contribution in [3.05, 3.63) is 398 Å². The third kappa shape index (κ3) is 45.9. The van der Waals surface area contributed by atoms with Crippen molar-refractivity contribution < 1.29 is 174 Å². The molecule has 12 nitrogen and oxygen atoms in total. The van der Waals surface area contributed by atoms with E-state index in [1.807, 2.05) is 237 Å². The summed E-state index contributed by atoms with van der Waals surface area (Å²) in [4.78, 5) is 96.2. The van der Waals surface area contributed by atoms with E-state index in [-0.39, 0.29) is 257 Å². The summed E-state index contributed by atoms with van der Waals surface area (Å²) in [6.07, 6.45) is 0. The Morgan fingerprint density at radius 2 is 0.282 bits per heavy atom. The Balaban J connectivity index is -0.0000000640. The van der Waals surface area contributed by atoms with Crippen molar-refractivity contribution >= 4 is 47.3 Å². The number of rotatable bonds is 2. The van der Waals surface area contributed by atoms with Gasteiger partial charge in [-0.05, 0) is 62.4 Å². The second kappa shape index (κ2) is 83.3. The summed E-state index contributed by atoms with van der Waals surface area (Å²) in [6.45, 7) is 20.5. The molecule has 0 fully saturated rings. The second-order valence-electron chi connectivity index (χ2n) is 17.0.